The van der Waals surface area contributed by atoms with Crippen molar-refractivity contribution in [2.24, 2.45) is 0 Å². The fraction of sp³-hybridized carbons (Fsp3) is 0.474. The van der Waals surface area contributed by atoms with Crippen LogP contribution in [0.3, 0.4) is 0 Å². The highest BCUT2D eigenvalue weighted by atomic mass is 16.5. The van der Waals surface area contributed by atoms with Gasteiger partial charge >= 0.3 is 0 Å². The minimum Gasteiger partial charge on any atom is -0.368 e. The Balaban J connectivity index is 1.42. The van der Waals surface area contributed by atoms with Crippen LogP contribution < -0.4 is 5.32 Å². The van der Waals surface area contributed by atoms with Gasteiger partial charge in [0.15, 0.2) is 0 Å². The van der Waals surface area contributed by atoms with Crippen molar-refractivity contribution >= 4 is 17.9 Å². The highest BCUT2D eigenvalue weighted by Gasteiger charge is 2.30. The van der Waals surface area contributed by atoms with Crippen LogP contribution in [-0.2, 0) is 14.3 Å². The molecular weight excluding hydrogens is 304 g/mol. The lowest BCUT2D eigenvalue weighted by Gasteiger charge is -2.33. The summed E-state index contributed by atoms with van der Waals surface area (Å²) in [5.74, 6) is 0.0315. The zero-order chi connectivity index (χ0) is 16.8. The van der Waals surface area contributed by atoms with E-state index in [2.05, 4.69) is 5.32 Å². The molecule has 0 spiro atoms. The van der Waals surface area contributed by atoms with Gasteiger partial charge in [0.25, 0.3) is 5.91 Å². The molecule has 0 aromatic heterocycles. The van der Waals surface area contributed by atoms with Gasteiger partial charge in [-0.25, -0.2) is 0 Å². The Bertz CT molecular complexity index is 586. The number of amides is 2. The Morgan fingerprint density at radius 2 is 1.88 bits per heavy atom. The molecule has 2 aliphatic rings. The highest BCUT2D eigenvalue weighted by molar-refractivity contribution is 5.91. The molecule has 1 aromatic rings. The molecule has 128 valence electrons. The van der Waals surface area contributed by atoms with Gasteiger partial charge in [-0.2, -0.15) is 0 Å². The van der Waals surface area contributed by atoms with Crippen LogP contribution in [0.1, 0.15) is 31.2 Å². The van der Waals surface area contributed by atoms with Crippen molar-refractivity contribution < 1.29 is 14.3 Å². The summed E-state index contributed by atoms with van der Waals surface area (Å²) in [5.41, 5.74) is 1.00. The van der Waals surface area contributed by atoms with E-state index in [0.29, 0.717) is 19.7 Å². The third-order valence-electron chi connectivity index (χ3n) is 4.58. The highest BCUT2D eigenvalue weighted by Crippen LogP contribution is 2.18. The van der Waals surface area contributed by atoms with Crippen LogP contribution >= 0.6 is 0 Å². The Kier molecular flexibility index (Phi) is 5.64. The zero-order valence-corrected chi connectivity index (χ0v) is 13.8. The second-order valence-corrected chi connectivity index (χ2v) is 6.35. The first kappa shape index (κ1) is 16.7. The number of likely N-dealkylation sites (tertiary alicyclic amines) is 1. The van der Waals surface area contributed by atoms with E-state index in [1.807, 2.05) is 41.3 Å². The van der Waals surface area contributed by atoms with Crippen LogP contribution in [0.15, 0.2) is 36.4 Å². The number of carbonyl (C=O) groups is 2. The van der Waals surface area contributed by atoms with Crippen LogP contribution in [0.4, 0.5) is 0 Å². The number of nitrogens with one attached hydrogen (secondary N) is 1. The second kappa shape index (κ2) is 8.11. The smallest absolute Gasteiger partial charge is 0.251 e. The first-order chi connectivity index (χ1) is 11.7. The maximum Gasteiger partial charge on any atom is 0.251 e. The number of carbonyl (C=O) groups excluding carboxylic acids is 2. The standard InChI is InChI=1S/C19H24N2O3/c22-18(9-8-15-5-2-1-3-6-15)20-16-10-12-21(13-11-16)19(23)17-7-4-14-24-17/h1-3,5-6,8-9,16-17H,4,7,10-14H2,(H,20,22)/b9-8+. The molecule has 1 aromatic carbocycles. The van der Waals surface area contributed by atoms with Crippen LogP contribution in [-0.4, -0.2) is 48.6 Å². The summed E-state index contributed by atoms with van der Waals surface area (Å²) in [4.78, 5) is 26.2. The molecule has 0 bridgehead atoms. The molecule has 1 N–H and O–H groups in total. The van der Waals surface area contributed by atoms with Crippen molar-refractivity contribution in [3.63, 3.8) is 0 Å². The normalized spacial score (nSPS) is 22.0. The summed E-state index contributed by atoms with van der Waals surface area (Å²) >= 11 is 0. The number of nitrogens with zero attached hydrogens (tertiary/aromatic N) is 1. The van der Waals surface area contributed by atoms with E-state index >= 15 is 0 Å². The molecule has 2 saturated heterocycles. The number of piperidine rings is 1. The van der Waals surface area contributed by atoms with Gasteiger partial charge in [0, 0.05) is 31.8 Å². The summed E-state index contributed by atoms with van der Waals surface area (Å²) in [6.45, 7) is 2.06. The molecule has 2 amide bonds. The lowest BCUT2D eigenvalue weighted by atomic mass is 10.0. The summed E-state index contributed by atoms with van der Waals surface area (Å²) in [7, 11) is 0. The minimum atomic E-state index is -0.245. The number of hydrogen-bond acceptors (Lipinski definition) is 3. The Hall–Kier alpha value is -2.14. The fourth-order valence-electron chi connectivity index (χ4n) is 3.21. The predicted molar refractivity (Wildman–Crippen MR) is 92.2 cm³/mol. The third-order valence-corrected chi connectivity index (χ3v) is 4.58. The molecule has 1 unspecified atom stereocenters. The van der Waals surface area contributed by atoms with E-state index in [4.69, 9.17) is 4.74 Å². The van der Waals surface area contributed by atoms with Crippen molar-refractivity contribution in [3.8, 4) is 0 Å². The van der Waals surface area contributed by atoms with E-state index in [0.717, 1.165) is 31.2 Å². The average Bonchev–Trinajstić information content (AvgIpc) is 3.16. The topological polar surface area (TPSA) is 58.6 Å². The summed E-state index contributed by atoms with van der Waals surface area (Å²) in [6.07, 6.45) is 6.53. The van der Waals surface area contributed by atoms with E-state index in [-0.39, 0.29) is 24.0 Å². The fourth-order valence-corrected chi connectivity index (χ4v) is 3.21. The molecule has 2 heterocycles. The first-order valence-corrected chi connectivity index (χ1v) is 8.66. The van der Waals surface area contributed by atoms with Crippen molar-refractivity contribution in [2.75, 3.05) is 19.7 Å². The van der Waals surface area contributed by atoms with Gasteiger partial charge in [-0.1, -0.05) is 30.3 Å². The van der Waals surface area contributed by atoms with Gasteiger partial charge in [0.05, 0.1) is 0 Å². The molecule has 0 aliphatic carbocycles. The first-order valence-electron chi connectivity index (χ1n) is 8.66. The van der Waals surface area contributed by atoms with E-state index in [1.54, 1.807) is 6.08 Å². The molecule has 2 fully saturated rings. The van der Waals surface area contributed by atoms with E-state index in [1.165, 1.54) is 0 Å². The van der Waals surface area contributed by atoms with E-state index in [9.17, 15) is 9.59 Å². The van der Waals surface area contributed by atoms with Crippen molar-refractivity contribution in [1.29, 1.82) is 0 Å². The number of hydrogen-bond donors (Lipinski definition) is 1. The molecule has 3 rings (SSSR count). The molecule has 0 saturated carbocycles. The lowest BCUT2D eigenvalue weighted by Crippen LogP contribution is -2.48. The number of ether oxygens (including phenoxy) is 1. The molecule has 0 radical (unpaired) electrons. The van der Waals surface area contributed by atoms with Gasteiger partial charge in [-0.05, 0) is 37.3 Å². The largest absolute Gasteiger partial charge is 0.368 e. The van der Waals surface area contributed by atoms with Gasteiger partial charge < -0.3 is 15.0 Å². The predicted octanol–water partition coefficient (Wildman–Crippen LogP) is 1.99. The maximum absolute atomic E-state index is 12.3. The Labute approximate surface area is 142 Å². The Morgan fingerprint density at radius 3 is 2.54 bits per heavy atom. The maximum atomic E-state index is 12.3. The third kappa shape index (κ3) is 4.45. The molecule has 24 heavy (non-hydrogen) atoms. The molecule has 5 nitrogen and oxygen atoms in total. The lowest BCUT2D eigenvalue weighted by molar-refractivity contribution is -0.142. The molecule has 1 atom stereocenters. The van der Waals surface area contributed by atoms with Gasteiger partial charge in [-0.3, -0.25) is 9.59 Å². The summed E-state index contributed by atoms with van der Waals surface area (Å²) < 4.78 is 5.46. The molecular formula is C19H24N2O3. The van der Waals surface area contributed by atoms with Crippen LogP contribution in [0.5, 0.6) is 0 Å². The summed E-state index contributed by atoms with van der Waals surface area (Å²) in [5, 5.41) is 3.02. The second-order valence-electron chi connectivity index (χ2n) is 6.35. The average molecular weight is 328 g/mol. The van der Waals surface area contributed by atoms with Gasteiger partial charge in [0.1, 0.15) is 6.10 Å². The van der Waals surface area contributed by atoms with Gasteiger partial charge in [0.2, 0.25) is 5.91 Å². The molecule has 5 heteroatoms. The number of rotatable bonds is 4. The van der Waals surface area contributed by atoms with Crippen molar-refractivity contribution in [1.82, 2.24) is 10.2 Å². The van der Waals surface area contributed by atoms with Gasteiger partial charge in [-0.15, -0.1) is 0 Å². The van der Waals surface area contributed by atoms with E-state index < -0.39 is 0 Å². The molecule has 2 aliphatic heterocycles. The van der Waals surface area contributed by atoms with Crippen LogP contribution in [0.2, 0.25) is 0 Å². The van der Waals surface area contributed by atoms with Crippen LogP contribution in [0, 0.1) is 0 Å². The van der Waals surface area contributed by atoms with Crippen molar-refractivity contribution in [3.05, 3.63) is 42.0 Å². The zero-order valence-electron chi connectivity index (χ0n) is 13.8. The minimum absolute atomic E-state index is 0.0808. The monoisotopic (exact) mass is 328 g/mol. The van der Waals surface area contributed by atoms with Crippen molar-refractivity contribution in [2.45, 2.75) is 37.8 Å². The Morgan fingerprint density at radius 1 is 1.12 bits per heavy atom. The number of benzene rings is 1. The summed E-state index contributed by atoms with van der Waals surface area (Å²) in [6, 6.07) is 9.88. The van der Waals surface area contributed by atoms with Crippen LogP contribution in [0.25, 0.3) is 6.08 Å². The quantitative estimate of drug-likeness (QED) is 0.860. The SMILES string of the molecule is O=C(/C=C/c1ccccc1)NC1CCN(C(=O)C2CCCO2)CC1.